The first kappa shape index (κ1) is 42.2. The van der Waals surface area contributed by atoms with E-state index in [0.717, 1.165) is 16.5 Å². The number of alkyl halides is 3. The minimum atomic E-state index is -4.17. The van der Waals surface area contributed by atoms with E-state index in [0.29, 0.717) is 67.3 Å². The second-order valence-electron chi connectivity index (χ2n) is 16.1. The van der Waals surface area contributed by atoms with Gasteiger partial charge in [0.2, 0.25) is 17.7 Å². The molecule has 3 N–H and O–H groups in total. The van der Waals surface area contributed by atoms with Crippen molar-refractivity contribution in [2.24, 2.45) is 29.6 Å². The van der Waals surface area contributed by atoms with E-state index >= 15 is 0 Å². The Labute approximate surface area is 336 Å². The highest BCUT2D eigenvalue weighted by molar-refractivity contribution is 6.31. The van der Waals surface area contributed by atoms with Crippen molar-refractivity contribution in [2.75, 3.05) is 40.3 Å². The van der Waals surface area contributed by atoms with Crippen molar-refractivity contribution in [1.82, 2.24) is 25.4 Å². The van der Waals surface area contributed by atoms with Crippen LogP contribution in [-0.2, 0) is 20.8 Å². The first-order chi connectivity index (χ1) is 27.1. The molecular formula is C42H53ClF3N5O6. The average molecular weight is 816 g/mol. The fraction of sp³-hybridized carbons (Fsp3) is 0.571. The molecule has 1 aromatic heterocycles. The van der Waals surface area contributed by atoms with E-state index in [1.165, 1.54) is 14.2 Å². The fourth-order valence-electron chi connectivity index (χ4n) is 8.95. The molecule has 3 heterocycles. The first-order valence-electron chi connectivity index (χ1n) is 19.9. The number of halogens is 4. The number of benzene rings is 2. The molecule has 310 valence electrons. The van der Waals surface area contributed by atoms with Gasteiger partial charge in [0.1, 0.15) is 6.04 Å². The smallest absolute Gasteiger partial charge is 0.391 e. The summed E-state index contributed by atoms with van der Waals surface area (Å²) in [6, 6.07) is 9.60. The number of nitrogens with one attached hydrogen (secondary N) is 3. The molecule has 15 heteroatoms. The van der Waals surface area contributed by atoms with Crippen molar-refractivity contribution in [1.29, 1.82) is 0 Å². The summed E-state index contributed by atoms with van der Waals surface area (Å²) in [4.78, 5) is 62.0. The van der Waals surface area contributed by atoms with Gasteiger partial charge in [-0.1, -0.05) is 30.5 Å². The molecule has 0 radical (unpaired) electrons. The molecule has 11 nitrogen and oxygen atoms in total. The lowest BCUT2D eigenvalue weighted by Gasteiger charge is -2.40. The van der Waals surface area contributed by atoms with Crippen LogP contribution in [0.15, 0.2) is 42.6 Å². The largest absolute Gasteiger partial charge is 0.493 e. The van der Waals surface area contributed by atoms with Crippen molar-refractivity contribution in [3.8, 4) is 11.5 Å². The number of likely N-dealkylation sites (tertiary alicyclic amines) is 2. The molecule has 4 amide bonds. The molecule has 2 saturated heterocycles. The molecule has 1 saturated carbocycles. The van der Waals surface area contributed by atoms with E-state index in [-0.39, 0.29) is 79.8 Å². The fourth-order valence-corrected chi connectivity index (χ4v) is 9.12. The van der Waals surface area contributed by atoms with Crippen molar-refractivity contribution in [2.45, 2.75) is 83.5 Å². The lowest BCUT2D eigenvalue weighted by molar-refractivity contribution is -0.184. The molecule has 3 unspecified atom stereocenters. The van der Waals surface area contributed by atoms with Gasteiger partial charge in [0, 0.05) is 60.9 Å². The summed E-state index contributed by atoms with van der Waals surface area (Å²) >= 11 is 6.18. The number of aromatic nitrogens is 1. The maximum absolute atomic E-state index is 14.3. The number of methoxy groups -OCH3 is 1. The highest BCUT2D eigenvalue weighted by Gasteiger charge is 2.48. The Balaban J connectivity index is 1.18. The number of hydrogen-bond acceptors (Lipinski definition) is 6. The summed E-state index contributed by atoms with van der Waals surface area (Å²) in [6.45, 7) is 4.86. The van der Waals surface area contributed by atoms with Crippen LogP contribution in [0.1, 0.15) is 74.7 Å². The number of fused-ring (bicyclic) bond motifs is 2. The maximum Gasteiger partial charge on any atom is 0.391 e. The molecule has 6 rings (SSSR count). The molecule has 3 aromatic rings. The summed E-state index contributed by atoms with van der Waals surface area (Å²) in [5, 5.41) is 7.05. The van der Waals surface area contributed by atoms with E-state index in [1.54, 1.807) is 46.3 Å². The van der Waals surface area contributed by atoms with E-state index < -0.39 is 24.1 Å². The normalized spacial score (nSPS) is 22.9. The van der Waals surface area contributed by atoms with Crippen LogP contribution in [0.2, 0.25) is 5.02 Å². The van der Waals surface area contributed by atoms with E-state index in [2.05, 4.69) is 15.6 Å². The van der Waals surface area contributed by atoms with Gasteiger partial charge in [-0.3, -0.25) is 19.2 Å². The molecular weight excluding hydrogens is 763 g/mol. The molecule has 57 heavy (non-hydrogen) atoms. The molecule has 4 atom stereocenters. The van der Waals surface area contributed by atoms with Crippen LogP contribution in [0, 0.1) is 29.6 Å². The Morgan fingerprint density at radius 1 is 0.965 bits per heavy atom. The predicted octanol–water partition coefficient (Wildman–Crippen LogP) is 6.78. The number of rotatable bonds is 13. The Kier molecular flexibility index (Phi) is 13.3. The minimum Gasteiger partial charge on any atom is -0.493 e. The third-order valence-corrected chi connectivity index (χ3v) is 12.2. The van der Waals surface area contributed by atoms with E-state index in [1.807, 2.05) is 19.9 Å². The van der Waals surface area contributed by atoms with Gasteiger partial charge < -0.3 is 34.9 Å². The first-order valence-corrected chi connectivity index (χ1v) is 20.3. The van der Waals surface area contributed by atoms with Crippen LogP contribution in [0.3, 0.4) is 0 Å². The minimum absolute atomic E-state index is 0.0896. The zero-order valence-electron chi connectivity index (χ0n) is 32.9. The van der Waals surface area contributed by atoms with Gasteiger partial charge in [-0.2, -0.15) is 13.2 Å². The van der Waals surface area contributed by atoms with Gasteiger partial charge in [-0.15, -0.1) is 0 Å². The Hall–Kier alpha value is -4.46. The van der Waals surface area contributed by atoms with E-state index in [9.17, 15) is 32.3 Å². The number of carbonyl (C=O) groups is 4. The Morgan fingerprint density at radius 3 is 2.39 bits per heavy atom. The molecule has 3 fully saturated rings. The van der Waals surface area contributed by atoms with E-state index in [4.69, 9.17) is 21.1 Å². The van der Waals surface area contributed by atoms with Crippen LogP contribution < -0.4 is 20.1 Å². The summed E-state index contributed by atoms with van der Waals surface area (Å²) < 4.78 is 51.0. The quantitative estimate of drug-likeness (QED) is 0.175. The molecule has 2 aromatic carbocycles. The zero-order valence-corrected chi connectivity index (χ0v) is 33.7. The molecule has 3 aliphatic rings. The topological polar surface area (TPSA) is 133 Å². The van der Waals surface area contributed by atoms with Crippen LogP contribution in [-0.4, -0.2) is 97.1 Å². The number of hydrogen-bond donors (Lipinski definition) is 3. The summed E-state index contributed by atoms with van der Waals surface area (Å²) in [6.07, 6.45) is 0.350. The summed E-state index contributed by atoms with van der Waals surface area (Å²) in [5.74, 6) is -2.54. The summed E-state index contributed by atoms with van der Waals surface area (Å²) in [5.41, 5.74) is 2.01. The van der Waals surface area contributed by atoms with Gasteiger partial charge >= 0.3 is 6.18 Å². The summed E-state index contributed by atoms with van der Waals surface area (Å²) in [7, 11) is 3.00. The number of H-pyrrole nitrogens is 1. The van der Waals surface area contributed by atoms with Crippen LogP contribution in [0.25, 0.3) is 10.9 Å². The van der Waals surface area contributed by atoms with Gasteiger partial charge in [0.05, 0.1) is 31.5 Å². The van der Waals surface area contributed by atoms with Crippen LogP contribution in [0.5, 0.6) is 11.5 Å². The predicted molar refractivity (Wildman–Crippen MR) is 210 cm³/mol. The maximum atomic E-state index is 14.3. The third kappa shape index (κ3) is 9.99. The molecule has 0 bridgehead atoms. The van der Waals surface area contributed by atoms with Gasteiger partial charge in [-0.25, -0.2) is 0 Å². The lowest BCUT2D eigenvalue weighted by Crippen LogP contribution is -2.56. The number of piperidine rings is 1. The van der Waals surface area contributed by atoms with Crippen molar-refractivity contribution in [3.05, 3.63) is 58.7 Å². The number of nitrogens with zero attached hydrogens (tertiary/aromatic N) is 2. The number of amides is 4. The van der Waals surface area contributed by atoms with Crippen molar-refractivity contribution >= 4 is 46.1 Å². The van der Waals surface area contributed by atoms with Crippen molar-refractivity contribution in [3.63, 3.8) is 0 Å². The second kappa shape index (κ2) is 18.0. The van der Waals surface area contributed by atoms with Crippen molar-refractivity contribution < 1.29 is 41.8 Å². The molecule has 0 spiro atoms. The van der Waals surface area contributed by atoms with Crippen LogP contribution in [0.4, 0.5) is 13.2 Å². The SMILES string of the molecule is CNC(=O)[C@@H](CCCC1CCC(C(F)(F)F)CC1)NC(=O)C1CN(C(=O)Cc2c[nH]c3cc(Cl)ccc23)CC2CN(C(=O)c3ccc(OC(C)C)c(OC)c3)CC21. The number of ether oxygens (including phenoxy) is 2. The van der Waals surface area contributed by atoms with Gasteiger partial charge in [0.25, 0.3) is 5.91 Å². The molecule has 1 aliphatic carbocycles. The van der Waals surface area contributed by atoms with Gasteiger partial charge in [-0.05, 0) is 99.6 Å². The van der Waals surface area contributed by atoms with Crippen LogP contribution >= 0.6 is 11.6 Å². The standard InChI is InChI=1S/C42H53ClF3N5O6/c1-24(2)57-36-15-10-26(16-37(36)56-4)41(55)51-21-28-20-50(38(52)17-27-19-48-35-18-30(43)13-14-31(27)35)23-33(32(28)22-51)39(53)49-34(40(54)47-3)7-5-6-25-8-11-29(12-9-25)42(44,45)46/h10,13-16,18-19,24-25,28-29,32-34,48H,5-9,11-12,17,20-23H2,1-4H3,(H,47,54)(H,49,53)/t25?,28?,29?,32?,33?,34-/m1/s1. The zero-order chi connectivity index (χ0) is 41.0. The Morgan fingerprint density at radius 2 is 1.70 bits per heavy atom. The number of carbonyl (C=O) groups excluding carboxylic acids is 4. The Bertz CT molecular complexity index is 1930. The lowest BCUT2D eigenvalue weighted by atomic mass is 9.78. The third-order valence-electron chi connectivity index (χ3n) is 12.0. The average Bonchev–Trinajstić information content (AvgIpc) is 3.80. The number of aromatic amines is 1. The monoisotopic (exact) mass is 815 g/mol. The highest BCUT2D eigenvalue weighted by atomic mass is 35.5. The molecule has 2 aliphatic heterocycles. The second-order valence-corrected chi connectivity index (χ2v) is 16.6. The number of likely N-dealkylation sites (N-methyl/N-ethyl adjacent to an activating group) is 1. The van der Waals surface area contributed by atoms with Gasteiger partial charge in [0.15, 0.2) is 11.5 Å². The highest BCUT2D eigenvalue weighted by Crippen LogP contribution is 2.41.